The molecule has 2 N–H and O–H groups in total. The topological polar surface area (TPSA) is 151 Å². The molecule has 5 atom stereocenters. The monoisotopic (exact) mass is 606 g/mol. The van der Waals surface area contributed by atoms with Gasteiger partial charge in [0.2, 0.25) is 20.0 Å². The van der Waals surface area contributed by atoms with Crippen molar-refractivity contribution >= 4 is 32.0 Å². The average Bonchev–Trinajstić information content (AvgIpc) is 3.22. The molecule has 0 aromatic heterocycles. The van der Waals surface area contributed by atoms with Gasteiger partial charge in [-0.15, -0.1) is 0 Å². The number of benzene rings is 2. The highest BCUT2D eigenvalue weighted by molar-refractivity contribution is 7.89. The molecular weight excluding hydrogens is 572 g/mol. The number of urea groups is 1. The first-order valence-corrected chi connectivity index (χ1v) is 16.3. The number of imide groups is 1. The van der Waals surface area contributed by atoms with Crippen molar-refractivity contribution in [3.8, 4) is 0 Å². The molecule has 5 rings (SSSR count). The van der Waals surface area contributed by atoms with Gasteiger partial charge < -0.3 is 14.8 Å². The van der Waals surface area contributed by atoms with E-state index < -0.39 is 37.5 Å². The maximum Gasteiger partial charge on any atom is 0.322 e. The van der Waals surface area contributed by atoms with Crippen LogP contribution in [0.3, 0.4) is 0 Å². The number of nitrogens with one attached hydrogen (secondary N) is 2. The molecule has 0 spiro atoms. The van der Waals surface area contributed by atoms with Crippen LogP contribution >= 0.6 is 0 Å². The lowest BCUT2D eigenvalue weighted by molar-refractivity contribution is -0.122. The molecule has 0 radical (unpaired) electrons. The van der Waals surface area contributed by atoms with Gasteiger partial charge in [-0.1, -0.05) is 24.3 Å². The van der Waals surface area contributed by atoms with E-state index in [0.29, 0.717) is 11.1 Å². The number of sulfonamides is 2. The van der Waals surface area contributed by atoms with Crippen LogP contribution in [0.25, 0.3) is 0 Å². The van der Waals surface area contributed by atoms with E-state index in [-0.39, 0.29) is 60.4 Å². The van der Waals surface area contributed by atoms with Crippen LogP contribution in [0.2, 0.25) is 0 Å². The maximum absolute atomic E-state index is 13.3. The van der Waals surface area contributed by atoms with Gasteiger partial charge in [0.15, 0.2) is 5.54 Å². The molecule has 2 aromatic rings. The second kappa shape index (κ2) is 10.7. The number of carbonyl (C=O) groups is 2. The number of amides is 3. The van der Waals surface area contributed by atoms with Gasteiger partial charge in [-0.25, -0.2) is 21.6 Å². The van der Waals surface area contributed by atoms with Crippen LogP contribution in [0.5, 0.6) is 0 Å². The van der Waals surface area contributed by atoms with E-state index in [1.807, 2.05) is 27.7 Å². The summed E-state index contributed by atoms with van der Waals surface area (Å²) < 4.78 is 67.4. The largest absolute Gasteiger partial charge is 0.373 e. The van der Waals surface area contributed by atoms with E-state index in [1.165, 1.54) is 57.1 Å². The number of morpholine rings is 2. The molecule has 3 fully saturated rings. The number of nitrogens with zero attached hydrogens (tertiary/aromatic N) is 2. The molecule has 3 aliphatic rings. The molecule has 14 heteroatoms. The highest BCUT2D eigenvalue weighted by Gasteiger charge is 2.49. The Morgan fingerprint density at radius 2 is 1.00 bits per heavy atom. The van der Waals surface area contributed by atoms with Crippen molar-refractivity contribution in [1.82, 2.24) is 19.2 Å². The Bertz CT molecular complexity index is 1430. The summed E-state index contributed by atoms with van der Waals surface area (Å²) in [4.78, 5) is 25.6. The summed E-state index contributed by atoms with van der Waals surface area (Å²) in [6.07, 6.45) is -1.02. The normalized spacial score (nSPS) is 30.1. The zero-order valence-corrected chi connectivity index (χ0v) is 24.9. The molecular formula is C27H34N4O8S2. The van der Waals surface area contributed by atoms with Crippen LogP contribution in [0.15, 0.2) is 58.3 Å². The lowest BCUT2D eigenvalue weighted by Gasteiger charge is -2.34. The third-order valence-corrected chi connectivity index (χ3v) is 11.2. The van der Waals surface area contributed by atoms with Crippen molar-refractivity contribution in [3.63, 3.8) is 0 Å². The van der Waals surface area contributed by atoms with Crippen molar-refractivity contribution < 1.29 is 35.9 Å². The van der Waals surface area contributed by atoms with Crippen LogP contribution in [0, 0.1) is 0 Å². The molecule has 1 unspecified atom stereocenters. The Morgan fingerprint density at radius 1 is 0.659 bits per heavy atom. The van der Waals surface area contributed by atoms with Gasteiger partial charge in [-0.3, -0.25) is 10.1 Å². The molecule has 12 nitrogen and oxygen atoms in total. The highest BCUT2D eigenvalue weighted by Crippen LogP contribution is 2.35. The molecule has 3 heterocycles. The summed E-state index contributed by atoms with van der Waals surface area (Å²) in [6, 6.07) is 10.8. The standard InChI is InChI=1S/C27H34N4O8S2/c1-17-13-30(14-18(2)38-17)40(34,35)23-9-5-21(6-10-23)27(25(32)28-26(33)29-27)22-7-11-24(12-8-22)41(36,37)31-15-19(3)39-20(4)16-31/h5-12,17-20H,13-16H2,1-4H3,(H2,28,29,32,33)/t17-,18-,19-,20+,27?/m1/s1. The predicted octanol–water partition coefficient (Wildman–Crippen LogP) is 1.37. The zero-order valence-electron chi connectivity index (χ0n) is 23.2. The number of hydrogen-bond donors (Lipinski definition) is 2. The third kappa shape index (κ3) is 5.40. The second-order valence-electron chi connectivity index (χ2n) is 10.9. The first-order valence-electron chi connectivity index (χ1n) is 13.4. The summed E-state index contributed by atoms with van der Waals surface area (Å²) in [7, 11) is -7.66. The Hall–Kier alpha value is -2.88. The fraction of sp³-hybridized carbons (Fsp3) is 0.481. The van der Waals surface area contributed by atoms with Crippen molar-refractivity contribution in [2.24, 2.45) is 0 Å². The van der Waals surface area contributed by atoms with Gasteiger partial charge in [-0.05, 0) is 63.1 Å². The zero-order chi connectivity index (χ0) is 29.7. The van der Waals surface area contributed by atoms with Crippen molar-refractivity contribution in [3.05, 3.63) is 59.7 Å². The van der Waals surface area contributed by atoms with Crippen LogP contribution in [-0.2, 0) is 39.9 Å². The molecule has 41 heavy (non-hydrogen) atoms. The van der Waals surface area contributed by atoms with Crippen molar-refractivity contribution in [1.29, 1.82) is 0 Å². The predicted molar refractivity (Wildman–Crippen MR) is 148 cm³/mol. The summed E-state index contributed by atoms with van der Waals surface area (Å²) in [5.41, 5.74) is -1.06. The molecule has 0 aliphatic carbocycles. The minimum absolute atomic E-state index is 0.0397. The van der Waals surface area contributed by atoms with E-state index in [9.17, 15) is 26.4 Å². The van der Waals surface area contributed by atoms with Gasteiger partial charge >= 0.3 is 6.03 Å². The number of carbonyl (C=O) groups excluding carboxylic acids is 2. The van der Waals surface area contributed by atoms with Gasteiger partial charge in [0.25, 0.3) is 5.91 Å². The first kappa shape index (κ1) is 29.6. The van der Waals surface area contributed by atoms with E-state index in [2.05, 4.69) is 10.6 Å². The van der Waals surface area contributed by atoms with Crippen LogP contribution < -0.4 is 10.6 Å². The van der Waals surface area contributed by atoms with Gasteiger partial charge in [-0.2, -0.15) is 8.61 Å². The molecule has 3 saturated heterocycles. The number of ether oxygens (including phenoxy) is 2. The Balaban J connectivity index is 1.47. The summed E-state index contributed by atoms with van der Waals surface area (Å²) in [6.45, 7) is 8.11. The first-order chi connectivity index (χ1) is 19.2. The SMILES string of the molecule is C[C@@H]1CN(S(=O)(=O)c2ccc(C3(c4ccc(S(=O)(=O)N5C[C@@H](C)O[C@@H](C)C5)cc4)NC(=O)NC3=O)cc2)C[C@@H](C)O1. The average molecular weight is 607 g/mol. The lowest BCUT2D eigenvalue weighted by Crippen LogP contribution is -2.48. The van der Waals surface area contributed by atoms with E-state index >= 15 is 0 Å². The molecule has 2 aromatic carbocycles. The Morgan fingerprint density at radius 3 is 1.29 bits per heavy atom. The lowest BCUT2D eigenvalue weighted by atomic mass is 9.83. The molecule has 3 aliphatic heterocycles. The second-order valence-corrected chi connectivity index (χ2v) is 14.7. The van der Waals surface area contributed by atoms with Gasteiger partial charge in [0.05, 0.1) is 34.2 Å². The highest BCUT2D eigenvalue weighted by atomic mass is 32.2. The number of rotatable bonds is 6. The smallest absolute Gasteiger partial charge is 0.322 e. The fourth-order valence-electron chi connectivity index (χ4n) is 5.73. The molecule has 0 bridgehead atoms. The van der Waals surface area contributed by atoms with Gasteiger partial charge in [0, 0.05) is 26.2 Å². The fourth-order valence-corrected chi connectivity index (χ4v) is 8.92. The van der Waals surface area contributed by atoms with Crippen molar-refractivity contribution in [2.45, 2.75) is 67.4 Å². The Kier molecular flexibility index (Phi) is 7.76. The molecule has 3 amide bonds. The van der Waals surface area contributed by atoms with Gasteiger partial charge in [0.1, 0.15) is 0 Å². The Labute approximate surface area is 240 Å². The third-order valence-electron chi connectivity index (χ3n) is 7.49. The van der Waals surface area contributed by atoms with E-state index in [4.69, 9.17) is 9.47 Å². The number of hydrogen-bond acceptors (Lipinski definition) is 8. The molecule has 0 saturated carbocycles. The maximum atomic E-state index is 13.3. The van der Waals surface area contributed by atoms with Crippen LogP contribution in [0.1, 0.15) is 38.8 Å². The summed E-state index contributed by atoms with van der Waals surface area (Å²) >= 11 is 0. The van der Waals surface area contributed by atoms with Crippen LogP contribution in [0.4, 0.5) is 4.79 Å². The van der Waals surface area contributed by atoms with Crippen molar-refractivity contribution in [2.75, 3.05) is 26.2 Å². The minimum Gasteiger partial charge on any atom is -0.373 e. The van der Waals surface area contributed by atoms with E-state index in [0.717, 1.165) is 0 Å². The molecule has 222 valence electrons. The minimum atomic E-state index is -3.83. The van der Waals surface area contributed by atoms with E-state index in [1.54, 1.807) is 0 Å². The summed E-state index contributed by atoms with van der Waals surface area (Å²) in [5.74, 6) is -0.666. The summed E-state index contributed by atoms with van der Waals surface area (Å²) in [5, 5.41) is 4.91. The van der Waals surface area contributed by atoms with Crippen LogP contribution in [-0.4, -0.2) is 88.0 Å². The quantitative estimate of drug-likeness (QED) is 0.468.